The molecular weight excluding hydrogens is 327 g/mol. The van der Waals surface area contributed by atoms with E-state index in [1.54, 1.807) is 18.2 Å². The third kappa shape index (κ3) is 3.00. The average Bonchev–Trinajstić information content (AvgIpc) is 2.79. The van der Waals surface area contributed by atoms with E-state index >= 15 is 0 Å². The molecule has 0 saturated heterocycles. The molecule has 2 aromatic rings. The molecule has 0 unspecified atom stereocenters. The summed E-state index contributed by atoms with van der Waals surface area (Å²) in [6, 6.07) is 5.22. The quantitative estimate of drug-likeness (QED) is 0.902. The van der Waals surface area contributed by atoms with Gasteiger partial charge in [-0.2, -0.15) is 8.78 Å². The maximum Gasteiger partial charge on any atom is 0.319 e. The minimum Gasteiger partial charge on any atom is -0.377 e. The van der Waals surface area contributed by atoms with E-state index in [1.165, 1.54) is 12.4 Å². The van der Waals surface area contributed by atoms with Crippen LogP contribution in [0.15, 0.2) is 35.1 Å². The van der Waals surface area contributed by atoms with Crippen molar-refractivity contribution in [3.8, 4) is 0 Å². The van der Waals surface area contributed by atoms with Crippen LogP contribution in [0.5, 0.6) is 0 Å². The van der Waals surface area contributed by atoms with Gasteiger partial charge in [-0.05, 0) is 34.1 Å². The third-order valence-electron chi connectivity index (χ3n) is 2.32. The second kappa shape index (κ2) is 5.67. The van der Waals surface area contributed by atoms with Crippen molar-refractivity contribution in [2.75, 3.05) is 5.32 Å². The minimum absolute atomic E-state index is 0.191. The van der Waals surface area contributed by atoms with E-state index in [1.807, 2.05) is 0 Å². The van der Waals surface area contributed by atoms with E-state index in [0.717, 1.165) is 14.7 Å². The van der Waals surface area contributed by atoms with Crippen molar-refractivity contribution < 1.29 is 8.78 Å². The molecule has 3 nitrogen and oxygen atoms in total. The fraction of sp³-hybridized carbons (Fsp3) is 0.182. The first kappa shape index (κ1) is 13.3. The Balaban J connectivity index is 2.11. The molecule has 0 aliphatic rings. The zero-order chi connectivity index (χ0) is 13.1. The highest BCUT2D eigenvalue weighted by atomic mass is 79.9. The minimum atomic E-state index is -2.59. The maximum atomic E-state index is 12.6. The number of nitrogens with one attached hydrogen (secondary N) is 1. The number of hydrogen-bond donors (Lipinski definition) is 1. The van der Waals surface area contributed by atoms with E-state index in [2.05, 4.69) is 26.2 Å². The monoisotopic (exact) mass is 335 g/mol. The highest BCUT2D eigenvalue weighted by Crippen LogP contribution is 2.26. The number of aromatic nitrogens is 2. The van der Waals surface area contributed by atoms with Gasteiger partial charge in [-0.15, -0.1) is 0 Å². The molecule has 0 aliphatic heterocycles. The van der Waals surface area contributed by atoms with Crippen molar-refractivity contribution in [2.24, 2.45) is 0 Å². The van der Waals surface area contributed by atoms with Gasteiger partial charge in [0, 0.05) is 21.9 Å². The van der Waals surface area contributed by atoms with Crippen molar-refractivity contribution in [1.82, 2.24) is 9.55 Å². The van der Waals surface area contributed by atoms with Crippen LogP contribution in [0.2, 0.25) is 5.02 Å². The van der Waals surface area contributed by atoms with Crippen molar-refractivity contribution in [1.29, 1.82) is 0 Å². The number of halogens is 4. The number of imidazole rings is 1. The molecule has 1 heterocycles. The first-order valence-electron chi connectivity index (χ1n) is 5.06. The number of benzene rings is 1. The van der Waals surface area contributed by atoms with Crippen LogP contribution in [0.3, 0.4) is 0 Å². The fourth-order valence-electron chi connectivity index (χ4n) is 1.47. The van der Waals surface area contributed by atoms with Gasteiger partial charge in [-0.25, -0.2) is 4.98 Å². The number of hydrogen-bond acceptors (Lipinski definition) is 2. The van der Waals surface area contributed by atoms with Gasteiger partial charge in [0.05, 0.1) is 12.2 Å². The molecule has 0 bridgehead atoms. The van der Waals surface area contributed by atoms with Crippen LogP contribution >= 0.6 is 27.5 Å². The van der Waals surface area contributed by atoms with Crippen LogP contribution in [0.1, 0.15) is 12.4 Å². The topological polar surface area (TPSA) is 29.9 Å². The standard InChI is InChI=1S/C11H9BrClF2N3/c12-8-2-1-7(13)5-9(8)17-6-10-16-3-4-18(10)11(14)15/h1-5,11,17H,6H2. The zero-order valence-electron chi connectivity index (χ0n) is 9.08. The van der Waals surface area contributed by atoms with E-state index in [4.69, 9.17) is 11.6 Å². The van der Waals surface area contributed by atoms with Crippen molar-refractivity contribution in [3.63, 3.8) is 0 Å². The smallest absolute Gasteiger partial charge is 0.319 e. The van der Waals surface area contributed by atoms with Crippen molar-refractivity contribution in [2.45, 2.75) is 13.1 Å². The van der Waals surface area contributed by atoms with Crippen LogP contribution < -0.4 is 5.32 Å². The van der Waals surface area contributed by atoms with Crippen molar-refractivity contribution in [3.05, 3.63) is 45.9 Å². The van der Waals surface area contributed by atoms with Gasteiger partial charge in [0.2, 0.25) is 0 Å². The lowest BCUT2D eigenvalue weighted by Crippen LogP contribution is -2.09. The Labute approximate surface area is 116 Å². The first-order chi connectivity index (χ1) is 8.58. The Morgan fingerprint density at radius 1 is 1.44 bits per heavy atom. The van der Waals surface area contributed by atoms with Gasteiger partial charge in [0.15, 0.2) is 0 Å². The third-order valence-corrected chi connectivity index (χ3v) is 3.25. The Morgan fingerprint density at radius 3 is 2.94 bits per heavy atom. The summed E-state index contributed by atoms with van der Waals surface area (Å²) < 4.78 is 26.8. The number of nitrogens with zero attached hydrogens (tertiary/aromatic N) is 2. The molecule has 0 saturated carbocycles. The molecule has 0 spiro atoms. The molecule has 1 aromatic carbocycles. The van der Waals surface area contributed by atoms with E-state index < -0.39 is 6.55 Å². The molecule has 0 aliphatic carbocycles. The van der Waals surface area contributed by atoms with Crippen LogP contribution in [0, 0.1) is 0 Å². The molecule has 1 N–H and O–H groups in total. The fourth-order valence-corrected chi connectivity index (χ4v) is 2.02. The first-order valence-corrected chi connectivity index (χ1v) is 6.24. The Bertz CT molecular complexity index is 545. The lowest BCUT2D eigenvalue weighted by atomic mass is 10.3. The Morgan fingerprint density at radius 2 is 2.22 bits per heavy atom. The molecule has 0 radical (unpaired) electrons. The summed E-state index contributed by atoms with van der Waals surface area (Å²) in [5.41, 5.74) is 0.728. The number of anilines is 1. The SMILES string of the molecule is FC(F)n1ccnc1CNc1cc(Cl)ccc1Br. The van der Waals surface area contributed by atoms with Crippen molar-refractivity contribution >= 4 is 33.2 Å². The molecule has 1 aromatic heterocycles. The molecule has 0 amide bonds. The highest BCUT2D eigenvalue weighted by molar-refractivity contribution is 9.10. The van der Waals surface area contributed by atoms with E-state index in [-0.39, 0.29) is 12.4 Å². The average molecular weight is 337 g/mol. The highest BCUT2D eigenvalue weighted by Gasteiger charge is 2.11. The molecule has 96 valence electrons. The largest absolute Gasteiger partial charge is 0.377 e. The number of rotatable bonds is 4. The summed E-state index contributed by atoms with van der Waals surface area (Å²) in [7, 11) is 0. The van der Waals surface area contributed by atoms with Gasteiger partial charge >= 0.3 is 6.55 Å². The summed E-state index contributed by atoms with van der Waals surface area (Å²) in [5, 5.41) is 3.57. The van der Waals surface area contributed by atoms with Crippen LogP contribution in [-0.2, 0) is 6.54 Å². The van der Waals surface area contributed by atoms with E-state index in [0.29, 0.717) is 5.02 Å². The second-order valence-corrected chi connectivity index (χ2v) is 4.80. The molecule has 0 atom stereocenters. The summed E-state index contributed by atoms with van der Waals surface area (Å²) in [4.78, 5) is 3.88. The van der Waals surface area contributed by atoms with Gasteiger partial charge in [-0.1, -0.05) is 11.6 Å². The second-order valence-electron chi connectivity index (χ2n) is 3.51. The van der Waals surface area contributed by atoms with Crippen LogP contribution in [0.4, 0.5) is 14.5 Å². The predicted molar refractivity (Wildman–Crippen MR) is 70.0 cm³/mol. The Hall–Kier alpha value is -1.14. The zero-order valence-corrected chi connectivity index (χ0v) is 11.4. The summed E-state index contributed by atoms with van der Waals surface area (Å²) >= 11 is 9.20. The van der Waals surface area contributed by atoms with E-state index in [9.17, 15) is 8.78 Å². The van der Waals surface area contributed by atoms with Gasteiger partial charge in [0.25, 0.3) is 0 Å². The van der Waals surface area contributed by atoms with Gasteiger partial charge < -0.3 is 5.32 Å². The molecule has 18 heavy (non-hydrogen) atoms. The summed E-state index contributed by atoms with van der Waals surface area (Å²) in [6.45, 7) is -2.40. The lowest BCUT2D eigenvalue weighted by molar-refractivity contribution is 0.0673. The molecule has 0 fully saturated rings. The molecule has 2 rings (SSSR count). The molecule has 7 heteroatoms. The van der Waals surface area contributed by atoms with Crippen LogP contribution in [-0.4, -0.2) is 9.55 Å². The maximum absolute atomic E-state index is 12.6. The van der Waals surface area contributed by atoms with Crippen LogP contribution in [0.25, 0.3) is 0 Å². The lowest BCUT2D eigenvalue weighted by Gasteiger charge is -2.10. The molecular formula is C11H9BrClF2N3. The van der Waals surface area contributed by atoms with Gasteiger partial charge in [-0.3, -0.25) is 4.57 Å². The number of alkyl halides is 2. The normalized spacial score (nSPS) is 10.9. The van der Waals surface area contributed by atoms with Gasteiger partial charge in [0.1, 0.15) is 5.82 Å². The summed E-state index contributed by atoms with van der Waals surface area (Å²) in [6.07, 6.45) is 2.59. The summed E-state index contributed by atoms with van der Waals surface area (Å²) in [5.74, 6) is 0.261. The Kier molecular flexibility index (Phi) is 4.19. The predicted octanol–water partition coefficient (Wildman–Crippen LogP) is 4.31.